The van der Waals surface area contributed by atoms with Crippen molar-refractivity contribution in [2.75, 3.05) is 27.2 Å². The third-order valence-corrected chi connectivity index (χ3v) is 2.67. The SMILES string of the molecule is CC(C)c1ccccc1C(=O)NCCN(C)C. The van der Waals surface area contributed by atoms with E-state index in [0.29, 0.717) is 12.5 Å². The third kappa shape index (κ3) is 4.19. The van der Waals surface area contributed by atoms with Gasteiger partial charge in [0.2, 0.25) is 0 Å². The molecule has 1 aromatic rings. The van der Waals surface area contributed by atoms with Gasteiger partial charge in [-0.2, -0.15) is 0 Å². The molecule has 1 aromatic carbocycles. The normalized spacial score (nSPS) is 10.9. The van der Waals surface area contributed by atoms with Crippen LogP contribution < -0.4 is 5.32 Å². The molecule has 0 unspecified atom stereocenters. The molecule has 94 valence electrons. The first-order valence-corrected chi connectivity index (χ1v) is 6.04. The summed E-state index contributed by atoms with van der Waals surface area (Å²) in [7, 11) is 3.99. The van der Waals surface area contributed by atoms with Gasteiger partial charge in [-0.05, 0) is 31.6 Å². The summed E-state index contributed by atoms with van der Waals surface area (Å²) in [6, 6.07) is 7.80. The Morgan fingerprint density at radius 1 is 1.29 bits per heavy atom. The number of rotatable bonds is 5. The summed E-state index contributed by atoms with van der Waals surface area (Å²) in [4.78, 5) is 14.1. The number of hydrogen-bond acceptors (Lipinski definition) is 2. The lowest BCUT2D eigenvalue weighted by atomic mass is 9.97. The number of benzene rings is 1. The minimum atomic E-state index is 0.0242. The van der Waals surface area contributed by atoms with E-state index in [4.69, 9.17) is 0 Å². The summed E-state index contributed by atoms with van der Waals surface area (Å²) >= 11 is 0. The van der Waals surface area contributed by atoms with E-state index in [1.807, 2.05) is 38.4 Å². The zero-order chi connectivity index (χ0) is 12.8. The van der Waals surface area contributed by atoms with Crippen molar-refractivity contribution in [1.29, 1.82) is 0 Å². The number of carbonyl (C=O) groups is 1. The van der Waals surface area contributed by atoms with E-state index < -0.39 is 0 Å². The van der Waals surface area contributed by atoms with Crippen LogP contribution in [-0.2, 0) is 0 Å². The Hall–Kier alpha value is -1.35. The molecule has 0 bridgehead atoms. The first-order chi connectivity index (χ1) is 8.02. The number of amides is 1. The van der Waals surface area contributed by atoms with E-state index in [1.165, 1.54) is 0 Å². The number of likely N-dealkylation sites (N-methyl/N-ethyl adjacent to an activating group) is 1. The Morgan fingerprint density at radius 2 is 1.94 bits per heavy atom. The highest BCUT2D eigenvalue weighted by Gasteiger charge is 2.12. The van der Waals surface area contributed by atoms with Gasteiger partial charge in [0.05, 0.1) is 0 Å². The Morgan fingerprint density at radius 3 is 2.53 bits per heavy atom. The van der Waals surface area contributed by atoms with Gasteiger partial charge in [-0.3, -0.25) is 4.79 Å². The number of hydrogen-bond donors (Lipinski definition) is 1. The molecule has 0 aliphatic heterocycles. The first-order valence-electron chi connectivity index (χ1n) is 6.04. The van der Waals surface area contributed by atoms with Crippen molar-refractivity contribution < 1.29 is 4.79 Å². The molecule has 0 radical (unpaired) electrons. The second-order valence-corrected chi connectivity index (χ2v) is 4.80. The highest BCUT2D eigenvalue weighted by molar-refractivity contribution is 5.95. The van der Waals surface area contributed by atoms with Gasteiger partial charge >= 0.3 is 0 Å². The van der Waals surface area contributed by atoms with E-state index in [2.05, 4.69) is 24.1 Å². The molecule has 3 heteroatoms. The third-order valence-electron chi connectivity index (χ3n) is 2.67. The molecule has 1 rings (SSSR count). The van der Waals surface area contributed by atoms with E-state index in [-0.39, 0.29) is 5.91 Å². The van der Waals surface area contributed by atoms with Crippen LogP contribution >= 0.6 is 0 Å². The maximum Gasteiger partial charge on any atom is 0.251 e. The van der Waals surface area contributed by atoms with Gasteiger partial charge in [0.1, 0.15) is 0 Å². The molecule has 0 saturated heterocycles. The van der Waals surface area contributed by atoms with Gasteiger partial charge in [0.25, 0.3) is 5.91 Å². The van der Waals surface area contributed by atoms with Gasteiger partial charge in [-0.1, -0.05) is 32.0 Å². The van der Waals surface area contributed by atoms with Crippen molar-refractivity contribution in [1.82, 2.24) is 10.2 Å². The molecule has 1 amide bonds. The Balaban J connectivity index is 2.68. The van der Waals surface area contributed by atoms with Crippen molar-refractivity contribution in [3.05, 3.63) is 35.4 Å². The fourth-order valence-corrected chi connectivity index (χ4v) is 1.70. The Labute approximate surface area is 104 Å². The molecule has 0 fully saturated rings. The van der Waals surface area contributed by atoms with E-state index in [9.17, 15) is 4.79 Å². The van der Waals surface area contributed by atoms with Gasteiger partial charge in [-0.15, -0.1) is 0 Å². The Bertz CT molecular complexity index is 372. The van der Waals surface area contributed by atoms with Crippen LogP contribution in [0.3, 0.4) is 0 Å². The van der Waals surface area contributed by atoms with Crippen LogP contribution in [0.25, 0.3) is 0 Å². The molecule has 0 spiro atoms. The summed E-state index contributed by atoms with van der Waals surface area (Å²) in [5.74, 6) is 0.391. The molecule has 0 atom stereocenters. The smallest absolute Gasteiger partial charge is 0.251 e. The maximum absolute atomic E-state index is 12.0. The van der Waals surface area contributed by atoms with Gasteiger partial charge in [0.15, 0.2) is 0 Å². The standard InChI is InChI=1S/C14H22N2O/c1-11(2)12-7-5-6-8-13(12)14(17)15-9-10-16(3)4/h5-8,11H,9-10H2,1-4H3,(H,15,17). The summed E-state index contributed by atoms with van der Waals surface area (Å²) in [6.07, 6.45) is 0. The molecule has 17 heavy (non-hydrogen) atoms. The number of nitrogens with one attached hydrogen (secondary N) is 1. The predicted octanol–water partition coefficient (Wildman–Crippen LogP) is 2.10. The lowest BCUT2D eigenvalue weighted by molar-refractivity contribution is 0.0949. The van der Waals surface area contributed by atoms with Crippen molar-refractivity contribution >= 4 is 5.91 Å². The van der Waals surface area contributed by atoms with Gasteiger partial charge < -0.3 is 10.2 Å². The quantitative estimate of drug-likeness (QED) is 0.846. The second kappa shape index (κ2) is 6.40. The van der Waals surface area contributed by atoms with Crippen molar-refractivity contribution in [2.45, 2.75) is 19.8 Å². The van der Waals surface area contributed by atoms with Crippen LogP contribution in [-0.4, -0.2) is 38.0 Å². The molecule has 0 aliphatic carbocycles. The number of carbonyl (C=O) groups excluding carboxylic acids is 1. The Kier molecular flexibility index (Phi) is 5.16. The summed E-state index contributed by atoms with van der Waals surface area (Å²) in [5, 5.41) is 2.94. The van der Waals surface area contributed by atoms with Gasteiger partial charge in [-0.25, -0.2) is 0 Å². The fourth-order valence-electron chi connectivity index (χ4n) is 1.70. The topological polar surface area (TPSA) is 32.3 Å². The molecule has 3 nitrogen and oxygen atoms in total. The summed E-state index contributed by atoms with van der Waals surface area (Å²) < 4.78 is 0. The van der Waals surface area contributed by atoms with Crippen molar-refractivity contribution in [2.24, 2.45) is 0 Å². The van der Waals surface area contributed by atoms with Crippen LogP contribution in [0.4, 0.5) is 0 Å². The minimum absolute atomic E-state index is 0.0242. The zero-order valence-electron chi connectivity index (χ0n) is 11.2. The van der Waals surface area contributed by atoms with E-state index >= 15 is 0 Å². The predicted molar refractivity (Wildman–Crippen MR) is 71.4 cm³/mol. The van der Waals surface area contributed by atoms with Crippen LogP contribution in [0.1, 0.15) is 35.7 Å². The van der Waals surface area contributed by atoms with Crippen LogP contribution in [0.2, 0.25) is 0 Å². The largest absolute Gasteiger partial charge is 0.351 e. The van der Waals surface area contributed by atoms with Crippen LogP contribution in [0, 0.1) is 0 Å². The molecule has 0 heterocycles. The molecular weight excluding hydrogens is 212 g/mol. The maximum atomic E-state index is 12.0. The van der Waals surface area contributed by atoms with Crippen molar-refractivity contribution in [3.8, 4) is 0 Å². The lowest BCUT2D eigenvalue weighted by Crippen LogP contribution is -2.31. The summed E-state index contributed by atoms with van der Waals surface area (Å²) in [6.45, 7) is 5.74. The average molecular weight is 234 g/mol. The van der Waals surface area contributed by atoms with Crippen LogP contribution in [0.15, 0.2) is 24.3 Å². The average Bonchev–Trinajstić information content (AvgIpc) is 2.28. The number of nitrogens with zero attached hydrogens (tertiary/aromatic N) is 1. The van der Waals surface area contributed by atoms with Crippen LogP contribution in [0.5, 0.6) is 0 Å². The molecule has 0 saturated carbocycles. The first kappa shape index (κ1) is 13.7. The summed E-state index contributed by atoms with van der Waals surface area (Å²) in [5.41, 5.74) is 1.90. The van der Waals surface area contributed by atoms with Crippen molar-refractivity contribution in [3.63, 3.8) is 0 Å². The van der Waals surface area contributed by atoms with E-state index in [0.717, 1.165) is 17.7 Å². The molecule has 1 N–H and O–H groups in total. The molecule has 0 aromatic heterocycles. The monoisotopic (exact) mass is 234 g/mol. The lowest BCUT2D eigenvalue weighted by Gasteiger charge is -2.14. The highest BCUT2D eigenvalue weighted by Crippen LogP contribution is 2.18. The minimum Gasteiger partial charge on any atom is -0.351 e. The molecule has 0 aliphatic rings. The van der Waals surface area contributed by atoms with Gasteiger partial charge in [0, 0.05) is 18.7 Å². The second-order valence-electron chi connectivity index (χ2n) is 4.80. The molecular formula is C14H22N2O. The highest BCUT2D eigenvalue weighted by atomic mass is 16.1. The zero-order valence-corrected chi connectivity index (χ0v) is 11.2. The van der Waals surface area contributed by atoms with E-state index in [1.54, 1.807) is 0 Å². The fraction of sp³-hybridized carbons (Fsp3) is 0.500.